The third-order valence-electron chi connectivity index (χ3n) is 6.23. The molecule has 31 heavy (non-hydrogen) atoms. The minimum absolute atomic E-state index is 0.156. The van der Waals surface area contributed by atoms with Gasteiger partial charge in [0.15, 0.2) is 0 Å². The number of ether oxygens (including phenoxy) is 1. The number of alkyl halides is 3. The summed E-state index contributed by atoms with van der Waals surface area (Å²) in [4.78, 5) is 27.2. The number of imide groups is 1. The van der Waals surface area contributed by atoms with Gasteiger partial charge in [0.05, 0.1) is 52.2 Å². The maximum absolute atomic E-state index is 13.4. The van der Waals surface area contributed by atoms with Crippen molar-refractivity contribution < 1.29 is 35.9 Å². The summed E-state index contributed by atoms with van der Waals surface area (Å²) >= 11 is 0. The zero-order valence-electron chi connectivity index (χ0n) is 16.7. The molecule has 1 aromatic carbocycles. The zero-order valence-corrected chi connectivity index (χ0v) is 17.5. The van der Waals surface area contributed by atoms with Crippen molar-refractivity contribution in [2.45, 2.75) is 31.2 Å². The van der Waals surface area contributed by atoms with Crippen LogP contribution in [-0.4, -0.2) is 55.1 Å². The Morgan fingerprint density at radius 1 is 1.13 bits per heavy atom. The Kier molecular flexibility index (Phi) is 4.40. The number of benzene rings is 1. The number of anilines is 1. The van der Waals surface area contributed by atoms with E-state index in [1.54, 1.807) is 0 Å². The fraction of sp³-hybridized carbons (Fsp3) is 0.526. The van der Waals surface area contributed by atoms with Crippen molar-refractivity contribution in [1.29, 1.82) is 5.26 Å². The van der Waals surface area contributed by atoms with Crippen molar-refractivity contribution in [1.82, 2.24) is 4.31 Å². The van der Waals surface area contributed by atoms with Gasteiger partial charge in [-0.15, -0.1) is 0 Å². The lowest BCUT2D eigenvalue weighted by atomic mass is 9.79. The molecule has 2 bridgehead atoms. The number of amides is 2. The summed E-state index contributed by atoms with van der Waals surface area (Å²) in [5.74, 6) is -3.62. The van der Waals surface area contributed by atoms with Crippen LogP contribution in [0.2, 0.25) is 0 Å². The lowest BCUT2D eigenvalue weighted by Crippen LogP contribution is -2.59. The smallest absolute Gasteiger partial charge is 0.365 e. The molecule has 0 unspecified atom stereocenters. The van der Waals surface area contributed by atoms with Crippen LogP contribution in [0.25, 0.3) is 0 Å². The standard InChI is InChI=1S/C19H18F3N3O5S/c1-17-8-24(31(3,28)29)9-18(2,30-17)14-13(17)15(26)25(16(14)27)11-5-4-10(7-23)12(6-11)19(20,21)22/h4-6,13-14H,8-9H2,1-3H3/t13-,14+,17+,18-. The summed E-state index contributed by atoms with van der Waals surface area (Å²) in [7, 11) is -3.63. The number of sulfonamides is 1. The molecule has 0 radical (unpaired) electrons. The number of rotatable bonds is 2. The maximum atomic E-state index is 13.4. The number of hydrogen-bond acceptors (Lipinski definition) is 6. The molecule has 4 atom stereocenters. The van der Waals surface area contributed by atoms with Crippen molar-refractivity contribution in [3.8, 4) is 6.07 Å². The number of morpholine rings is 1. The van der Waals surface area contributed by atoms with Crippen LogP contribution in [0.15, 0.2) is 18.2 Å². The Balaban J connectivity index is 1.79. The van der Waals surface area contributed by atoms with Gasteiger partial charge in [-0.2, -0.15) is 22.7 Å². The SMILES string of the molecule is C[C@]12CN(S(C)(=O)=O)C[C@](C)(O1)[C@H]1C(=O)N(c3ccc(C#N)c(C(F)(F)F)c3)C(=O)[C@H]12. The molecule has 2 amide bonds. The molecule has 3 fully saturated rings. The molecule has 0 N–H and O–H groups in total. The number of halogens is 3. The third kappa shape index (κ3) is 3.06. The molecule has 3 aliphatic rings. The van der Waals surface area contributed by atoms with E-state index < -0.39 is 62.2 Å². The van der Waals surface area contributed by atoms with E-state index in [4.69, 9.17) is 10.00 Å². The average molecular weight is 457 g/mol. The van der Waals surface area contributed by atoms with Gasteiger partial charge in [-0.25, -0.2) is 13.3 Å². The first kappa shape index (κ1) is 21.7. The summed E-state index contributed by atoms with van der Waals surface area (Å²) < 4.78 is 71.5. The van der Waals surface area contributed by atoms with E-state index in [1.807, 2.05) is 0 Å². The van der Waals surface area contributed by atoms with E-state index in [0.29, 0.717) is 11.0 Å². The number of carbonyl (C=O) groups is 2. The highest BCUT2D eigenvalue weighted by molar-refractivity contribution is 7.88. The second-order valence-electron chi connectivity index (χ2n) is 8.57. The number of nitriles is 1. The Bertz CT molecular complexity index is 1130. The molecule has 1 aromatic rings. The molecule has 12 heteroatoms. The van der Waals surface area contributed by atoms with Gasteiger partial charge in [0.2, 0.25) is 21.8 Å². The van der Waals surface area contributed by atoms with Gasteiger partial charge in [0.1, 0.15) is 0 Å². The molecule has 3 heterocycles. The molecule has 0 spiro atoms. The summed E-state index contributed by atoms with van der Waals surface area (Å²) in [6.07, 6.45) is -3.83. The van der Waals surface area contributed by atoms with E-state index in [-0.39, 0.29) is 18.8 Å². The second-order valence-corrected chi connectivity index (χ2v) is 10.5. The van der Waals surface area contributed by atoms with Crippen molar-refractivity contribution in [2.24, 2.45) is 11.8 Å². The van der Waals surface area contributed by atoms with Gasteiger partial charge in [-0.05, 0) is 32.0 Å². The zero-order chi connectivity index (χ0) is 23.1. The topological polar surface area (TPSA) is 108 Å². The van der Waals surface area contributed by atoms with Crippen molar-refractivity contribution >= 4 is 27.5 Å². The lowest BCUT2D eigenvalue weighted by molar-refractivity contribution is -0.157. The summed E-state index contributed by atoms with van der Waals surface area (Å²) in [5, 5.41) is 8.97. The predicted molar refractivity (Wildman–Crippen MR) is 99.9 cm³/mol. The number of nitrogens with zero attached hydrogens (tertiary/aromatic N) is 3. The minimum Gasteiger partial charge on any atom is -0.365 e. The van der Waals surface area contributed by atoms with Crippen LogP contribution in [0.5, 0.6) is 0 Å². The van der Waals surface area contributed by atoms with E-state index >= 15 is 0 Å². The molecule has 166 valence electrons. The fourth-order valence-electron chi connectivity index (χ4n) is 5.07. The monoisotopic (exact) mass is 457 g/mol. The molecular formula is C19H18F3N3O5S. The van der Waals surface area contributed by atoms with E-state index in [2.05, 4.69) is 0 Å². The van der Waals surface area contributed by atoms with Gasteiger partial charge < -0.3 is 4.74 Å². The fourth-order valence-corrected chi connectivity index (χ4v) is 6.05. The molecule has 0 saturated carbocycles. The van der Waals surface area contributed by atoms with Crippen LogP contribution < -0.4 is 4.90 Å². The van der Waals surface area contributed by atoms with Crippen molar-refractivity contribution in [2.75, 3.05) is 24.2 Å². The van der Waals surface area contributed by atoms with Gasteiger partial charge >= 0.3 is 6.18 Å². The highest BCUT2D eigenvalue weighted by atomic mass is 32.2. The van der Waals surface area contributed by atoms with Crippen LogP contribution in [0.1, 0.15) is 25.0 Å². The minimum atomic E-state index is -4.85. The van der Waals surface area contributed by atoms with Gasteiger partial charge in [0.25, 0.3) is 0 Å². The molecule has 0 aliphatic carbocycles. The van der Waals surface area contributed by atoms with Gasteiger partial charge in [-0.3, -0.25) is 9.59 Å². The maximum Gasteiger partial charge on any atom is 0.417 e. The first-order valence-electron chi connectivity index (χ1n) is 9.27. The third-order valence-corrected chi connectivity index (χ3v) is 7.42. The molecule has 3 aliphatic heterocycles. The first-order valence-corrected chi connectivity index (χ1v) is 11.1. The molecular weight excluding hydrogens is 439 g/mol. The van der Waals surface area contributed by atoms with E-state index in [9.17, 15) is 31.2 Å². The summed E-state index contributed by atoms with van der Waals surface area (Å²) in [6.45, 7) is 2.75. The van der Waals surface area contributed by atoms with Gasteiger partial charge in [-0.1, -0.05) is 0 Å². The second kappa shape index (κ2) is 6.27. The van der Waals surface area contributed by atoms with Crippen LogP contribution >= 0.6 is 0 Å². The highest BCUT2D eigenvalue weighted by Crippen LogP contribution is 2.56. The Labute approximate surface area is 176 Å². The first-order chi connectivity index (χ1) is 14.1. The number of hydrogen-bond donors (Lipinski definition) is 0. The number of carbonyl (C=O) groups excluding carboxylic acids is 2. The molecule has 0 aromatic heterocycles. The molecule has 3 saturated heterocycles. The van der Waals surface area contributed by atoms with Crippen molar-refractivity contribution in [3.05, 3.63) is 29.3 Å². The molecule has 8 nitrogen and oxygen atoms in total. The Morgan fingerprint density at radius 2 is 1.65 bits per heavy atom. The lowest BCUT2D eigenvalue weighted by Gasteiger charge is -2.43. The Hall–Kier alpha value is -2.49. The summed E-state index contributed by atoms with van der Waals surface area (Å²) in [6, 6.07) is 4.10. The highest BCUT2D eigenvalue weighted by Gasteiger charge is 2.72. The Morgan fingerprint density at radius 3 is 2.06 bits per heavy atom. The van der Waals surface area contributed by atoms with Crippen LogP contribution in [0.4, 0.5) is 18.9 Å². The quantitative estimate of drug-likeness (QED) is 0.623. The molecule has 4 rings (SSSR count). The van der Waals surface area contributed by atoms with E-state index in [0.717, 1.165) is 22.7 Å². The van der Waals surface area contributed by atoms with Crippen LogP contribution in [-0.2, 0) is 30.5 Å². The normalized spacial score (nSPS) is 33.5. The van der Waals surface area contributed by atoms with Crippen LogP contribution in [0, 0.1) is 23.2 Å². The van der Waals surface area contributed by atoms with Crippen LogP contribution in [0.3, 0.4) is 0 Å². The predicted octanol–water partition coefficient (Wildman–Crippen LogP) is 1.51. The number of fused-ring (bicyclic) bond motifs is 5. The largest absolute Gasteiger partial charge is 0.417 e. The van der Waals surface area contributed by atoms with Crippen molar-refractivity contribution in [3.63, 3.8) is 0 Å². The van der Waals surface area contributed by atoms with Gasteiger partial charge in [0, 0.05) is 13.1 Å². The summed E-state index contributed by atoms with van der Waals surface area (Å²) in [5.41, 5.74) is -4.80. The van der Waals surface area contributed by atoms with E-state index in [1.165, 1.54) is 19.9 Å². The average Bonchev–Trinajstić information content (AvgIpc) is 2.99.